The van der Waals surface area contributed by atoms with E-state index in [1.54, 1.807) is 11.1 Å². The van der Waals surface area contributed by atoms with Gasteiger partial charge >= 0.3 is 0 Å². The van der Waals surface area contributed by atoms with E-state index in [2.05, 4.69) is 15.1 Å². The van der Waals surface area contributed by atoms with Crippen LogP contribution in [0.1, 0.15) is 32.6 Å². The summed E-state index contributed by atoms with van der Waals surface area (Å²) >= 11 is 0. The number of anilines is 1. The van der Waals surface area contributed by atoms with Crippen LogP contribution in [0.4, 0.5) is 5.82 Å². The number of piperidine rings is 1. The topological polar surface area (TPSA) is 74.3 Å². The zero-order chi connectivity index (χ0) is 14.4. The van der Waals surface area contributed by atoms with Crippen LogP contribution in [-0.4, -0.2) is 38.0 Å². The fourth-order valence-electron chi connectivity index (χ4n) is 2.14. The number of hydrogen-bond acceptors (Lipinski definition) is 5. The molecule has 0 aromatic carbocycles. The molecule has 2 heterocycles. The van der Waals surface area contributed by atoms with E-state index < -0.39 is 10.0 Å². The lowest BCUT2D eigenvalue weighted by molar-refractivity contribution is 0.200. The summed E-state index contributed by atoms with van der Waals surface area (Å²) in [6.07, 6.45) is 5.70. The van der Waals surface area contributed by atoms with E-state index in [9.17, 15) is 8.42 Å². The van der Waals surface area contributed by atoms with Crippen LogP contribution in [-0.2, 0) is 10.0 Å². The van der Waals surface area contributed by atoms with E-state index in [1.165, 1.54) is 18.7 Å². The molecule has 1 aliphatic heterocycles. The molecule has 112 valence electrons. The molecule has 0 unspecified atom stereocenters. The highest BCUT2D eigenvalue weighted by Gasteiger charge is 2.20. The fourth-order valence-corrected chi connectivity index (χ4v) is 3.27. The summed E-state index contributed by atoms with van der Waals surface area (Å²) < 4.78 is 24.6. The van der Waals surface area contributed by atoms with Crippen LogP contribution in [0.5, 0.6) is 0 Å². The number of pyridine rings is 1. The summed E-state index contributed by atoms with van der Waals surface area (Å²) in [5.41, 5.74) is 0. The fraction of sp³-hybridized carbons (Fsp3) is 0.615. The van der Waals surface area contributed by atoms with Crippen LogP contribution in [0.15, 0.2) is 23.2 Å². The lowest BCUT2D eigenvalue weighted by Gasteiger charge is -2.26. The van der Waals surface area contributed by atoms with Crippen molar-refractivity contribution in [3.63, 3.8) is 0 Å². The Hall–Kier alpha value is -1.18. The maximum Gasteiger partial charge on any atom is 0.253 e. The number of aromatic nitrogens is 1. The summed E-state index contributed by atoms with van der Waals surface area (Å²) in [4.78, 5) is 7.01. The van der Waals surface area contributed by atoms with Gasteiger partial charge in [-0.3, -0.25) is 0 Å². The first-order chi connectivity index (χ1) is 9.62. The minimum absolute atomic E-state index is 0.247. The number of hydrogen-bond donors (Lipinski definition) is 2. The SMILES string of the molecule is CCCNc1cc(S(=O)(=O)NN2CCCCC2)ccn1. The minimum atomic E-state index is -3.51. The normalized spacial score (nSPS) is 17.1. The first kappa shape index (κ1) is 15.2. The van der Waals surface area contributed by atoms with Gasteiger partial charge in [0.1, 0.15) is 5.82 Å². The standard InChI is InChI=1S/C13H22N4O2S/c1-2-7-14-13-11-12(6-8-15-13)20(18,19)16-17-9-4-3-5-10-17/h6,8,11,16H,2-5,7,9-10H2,1H3,(H,14,15). The minimum Gasteiger partial charge on any atom is -0.370 e. The van der Waals surface area contributed by atoms with Crippen LogP contribution < -0.4 is 10.1 Å². The van der Waals surface area contributed by atoms with Gasteiger partial charge in [0.25, 0.3) is 10.0 Å². The molecule has 0 aliphatic carbocycles. The highest BCUT2D eigenvalue weighted by atomic mass is 32.2. The summed E-state index contributed by atoms with van der Waals surface area (Å²) in [5, 5.41) is 4.87. The molecule has 0 atom stereocenters. The summed E-state index contributed by atoms with van der Waals surface area (Å²) in [6, 6.07) is 3.09. The molecule has 1 aromatic rings. The van der Waals surface area contributed by atoms with Crippen molar-refractivity contribution in [2.45, 2.75) is 37.5 Å². The van der Waals surface area contributed by atoms with Crippen molar-refractivity contribution in [1.82, 2.24) is 14.8 Å². The van der Waals surface area contributed by atoms with Crippen LogP contribution in [0.2, 0.25) is 0 Å². The monoisotopic (exact) mass is 298 g/mol. The Kier molecular flexibility index (Phi) is 5.33. The zero-order valence-electron chi connectivity index (χ0n) is 11.8. The molecule has 7 heteroatoms. The number of rotatable bonds is 6. The molecule has 1 aromatic heterocycles. The molecule has 0 spiro atoms. The van der Waals surface area contributed by atoms with Crippen molar-refractivity contribution >= 4 is 15.8 Å². The Balaban J connectivity index is 2.07. The third kappa shape index (κ3) is 4.16. The van der Waals surface area contributed by atoms with E-state index in [0.717, 1.165) is 38.9 Å². The smallest absolute Gasteiger partial charge is 0.253 e. The average molecular weight is 298 g/mol. The molecular formula is C13H22N4O2S. The van der Waals surface area contributed by atoms with Gasteiger partial charge < -0.3 is 5.32 Å². The van der Waals surface area contributed by atoms with Gasteiger partial charge in [0, 0.05) is 31.9 Å². The van der Waals surface area contributed by atoms with Gasteiger partial charge in [-0.05, 0) is 25.3 Å². The molecule has 2 N–H and O–H groups in total. The third-order valence-corrected chi connectivity index (χ3v) is 4.58. The van der Waals surface area contributed by atoms with Crippen molar-refractivity contribution in [2.24, 2.45) is 0 Å². The molecule has 20 heavy (non-hydrogen) atoms. The Morgan fingerprint density at radius 1 is 1.30 bits per heavy atom. The molecule has 2 rings (SSSR count). The zero-order valence-corrected chi connectivity index (χ0v) is 12.6. The number of nitrogens with zero attached hydrogens (tertiary/aromatic N) is 2. The number of nitrogens with one attached hydrogen (secondary N) is 2. The molecule has 1 fully saturated rings. The maximum absolute atomic E-state index is 12.3. The third-order valence-electron chi connectivity index (χ3n) is 3.20. The molecule has 1 saturated heterocycles. The highest BCUT2D eigenvalue weighted by Crippen LogP contribution is 2.14. The first-order valence-electron chi connectivity index (χ1n) is 7.09. The van der Waals surface area contributed by atoms with Gasteiger partial charge in [0.15, 0.2) is 0 Å². The summed E-state index contributed by atoms with van der Waals surface area (Å²) in [6.45, 7) is 4.36. The second-order valence-corrected chi connectivity index (χ2v) is 6.61. The van der Waals surface area contributed by atoms with Gasteiger partial charge in [-0.25, -0.2) is 18.4 Å². The van der Waals surface area contributed by atoms with Crippen LogP contribution >= 0.6 is 0 Å². The lowest BCUT2D eigenvalue weighted by Crippen LogP contribution is -2.44. The number of hydrazine groups is 1. The Morgan fingerprint density at radius 2 is 2.05 bits per heavy atom. The van der Waals surface area contributed by atoms with Gasteiger partial charge in [0.05, 0.1) is 4.90 Å². The summed E-state index contributed by atoms with van der Waals surface area (Å²) in [5.74, 6) is 0.591. The molecule has 0 amide bonds. The van der Waals surface area contributed by atoms with Crippen molar-refractivity contribution in [3.05, 3.63) is 18.3 Å². The second-order valence-electron chi connectivity index (χ2n) is 4.95. The largest absolute Gasteiger partial charge is 0.370 e. The molecular weight excluding hydrogens is 276 g/mol. The Bertz CT molecular complexity index is 527. The van der Waals surface area contributed by atoms with Crippen LogP contribution in [0.3, 0.4) is 0 Å². The van der Waals surface area contributed by atoms with Gasteiger partial charge in [0.2, 0.25) is 0 Å². The van der Waals surface area contributed by atoms with E-state index in [0.29, 0.717) is 5.82 Å². The maximum atomic E-state index is 12.3. The average Bonchev–Trinajstić information content (AvgIpc) is 2.46. The van der Waals surface area contributed by atoms with Gasteiger partial charge in [-0.1, -0.05) is 13.3 Å². The molecule has 0 saturated carbocycles. The van der Waals surface area contributed by atoms with E-state index in [1.807, 2.05) is 6.92 Å². The van der Waals surface area contributed by atoms with Crippen molar-refractivity contribution in [1.29, 1.82) is 0 Å². The lowest BCUT2D eigenvalue weighted by atomic mass is 10.2. The summed E-state index contributed by atoms with van der Waals surface area (Å²) in [7, 11) is -3.51. The predicted molar refractivity (Wildman–Crippen MR) is 78.8 cm³/mol. The Labute approximate surface area is 120 Å². The van der Waals surface area contributed by atoms with E-state index >= 15 is 0 Å². The van der Waals surface area contributed by atoms with Crippen molar-refractivity contribution < 1.29 is 8.42 Å². The second kappa shape index (κ2) is 7.01. The Morgan fingerprint density at radius 3 is 2.75 bits per heavy atom. The van der Waals surface area contributed by atoms with E-state index in [-0.39, 0.29) is 4.90 Å². The van der Waals surface area contributed by atoms with Gasteiger partial charge in [-0.15, -0.1) is 4.83 Å². The molecule has 1 aliphatic rings. The van der Waals surface area contributed by atoms with Crippen molar-refractivity contribution in [3.8, 4) is 0 Å². The van der Waals surface area contributed by atoms with E-state index in [4.69, 9.17) is 0 Å². The van der Waals surface area contributed by atoms with Crippen LogP contribution in [0.25, 0.3) is 0 Å². The highest BCUT2D eigenvalue weighted by molar-refractivity contribution is 7.89. The molecule has 0 bridgehead atoms. The molecule has 0 radical (unpaired) electrons. The van der Waals surface area contributed by atoms with Gasteiger partial charge in [-0.2, -0.15) is 0 Å². The van der Waals surface area contributed by atoms with Crippen LogP contribution in [0, 0.1) is 0 Å². The quantitative estimate of drug-likeness (QED) is 0.834. The molecule has 6 nitrogen and oxygen atoms in total. The predicted octanol–water partition coefficient (Wildman–Crippen LogP) is 1.58. The van der Waals surface area contributed by atoms with Crippen molar-refractivity contribution in [2.75, 3.05) is 25.0 Å². The number of sulfonamides is 1. The first-order valence-corrected chi connectivity index (χ1v) is 8.57.